The second-order valence-electron chi connectivity index (χ2n) is 7.21. The summed E-state index contributed by atoms with van der Waals surface area (Å²) in [6, 6.07) is 17.0. The number of amides is 1. The van der Waals surface area contributed by atoms with Gasteiger partial charge in [0.25, 0.3) is 11.7 Å². The first-order valence-corrected chi connectivity index (χ1v) is 9.83. The molecule has 6 heteroatoms. The third-order valence-corrected chi connectivity index (χ3v) is 5.38. The van der Waals surface area contributed by atoms with Gasteiger partial charge in [0.1, 0.15) is 5.76 Å². The molecule has 5 nitrogen and oxygen atoms in total. The fraction of sp³-hybridized carbons (Fsp3) is 0.125. The maximum atomic E-state index is 13.0. The van der Waals surface area contributed by atoms with Crippen molar-refractivity contribution in [2.45, 2.75) is 19.5 Å². The van der Waals surface area contributed by atoms with Crippen LogP contribution in [0.2, 0.25) is 5.02 Å². The lowest BCUT2D eigenvalue weighted by Crippen LogP contribution is -2.29. The number of carbonyl (C=O) groups excluding carboxylic acids is 2. The maximum absolute atomic E-state index is 13.0. The summed E-state index contributed by atoms with van der Waals surface area (Å²) < 4.78 is 0. The molecule has 1 atom stereocenters. The zero-order valence-electron chi connectivity index (χ0n) is 16.2. The van der Waals surface area contributed by atoms with Crippen LogP contribution in [0.4, 0.5) is 0 Å². The van der Waals surface area contributed by atoms with E-state index in [4.69, 9.17) is 11.6 Å². The molecule has 1 saturated heterocycles. The number of hydrogen-bond donors (Lipinski definition) is 1. The van der Waals surface area contributed by atoms with Gasteiger partial charge in [-0.25, -0.2) is 0 Å². The van der Waals surface area contributed by atoms with E-state index in [2.05, 4.69) is 4.98 Å². The average molecular weight is 419 g/mol. The summed E-state index contributed by atoms with van der Waals surface area (Å²) >= 11 is 6.03. The van der Waals surface area contributed by atoms with Crippen LogP contribution in [-0.2, 0) is 16.1 Å². The second kappa shape index (κ2) is 8.13. The van der Waals surface area contributed by atoms with Gasteiger partial charge in [0.05, 0.1) is 11.6 Å². The summed E-state index contributed by atoms with van der Waals surface area (Å²) in [7, 11) is 0. The van der Waals surface area contributed by atoms with Crippen LogP contribution >= 0.6 is 11.6 Å². The van der Waals surface area contributed by atoms with E-state index in [-0.39, 0.29) is 17.9 Å². The Morgan fingerprint density at radius 2 is 1.77 bits per heavy atom. The van der Waals surface area contributed by atoms with E-state index in [1.54, 1.807) is 54.9 Å². The highest BCUT2D eigenvalue weighted by atomic mass is 35.5. The number of carbonyl (C=O) groups is 2. The largest absolute Gasteiger partial charge is 0.507 e. The van der Waals surface area contributed by atoms with Crippen molar-refractivity contribution in [1.82, 2.24) is 9.88 Å². The standard InChI is InChI=1S/C24H19ClN2O3/c1-15-4-6-18(7-5-15)22(28)20-21(17-8-10-19(25)11-9-17)27(24(30)23(20)29)14-16-3-2-12-26-13-16/h2-13,21,28H,14H2,1H3/b22-20+/t21-/m1/s1. The van der Waals surface area contributed by atoms with Crippen LogP contribution in [0.5, 0.6) is 0 Å². The lowest BCUT2D eigenvalue weighted by molar-refractivity contribution is -0.140. The first-order chi connectivity index (χ1) is 14.5. The van der Waals surface area contributed by atoms with Crippen molar-refractivity contribution < 1.29 is 14.7 Å². The maximum Gasteiger partial charge on any atom is 0.295 e. The van der Waals surface area contributed by atoms with E-state index >= 15 is 0 Å². The lowest BCUT2D eigenvalue weighted by Gasteiger charge is -2.25. The summed E-state index contributed by atoms with van der Waals surface area (Å²) in [5.74, 6) is -1.56. The van der Waals surface area contributed by atoms with Crippen LogP contribution in [0.25, 0.3) is 5.76 Å². The molecule has 0 radical (unpaired) electrons. The zero-order chi connectivity index (χ0) is 21.3. The fourth-order valence-corrected chi connectivity index (χ4v) is 3.72. The number of aliphatic hydroxyl groups is 1. The van der Waals surface area contributed by atoms with Gasteiger partial charge in [-0.2, -0.15) is 0 Å². The molecule has 3 aromatic rings. The van der Waals surface area contributed by atoms with Crippen LogP contribution in [0, 0.1) is 6.92 Å². The molecule has 1 N–H and O–H groups in total. The Hall–Kier alpha value is -3.44. The first kappa shape index (κ1) is 19.9. The molecule has 1 amide bonds. The SMILES string of the molecule is Cc1ccc(/C(O)=C2\C(=O)C(=O)N(Cc3cccnc3)[C@@H]2c2ccc(Cl)cc2)cc1. The summed E-state index contributed by atoms with van der Waals surface area (Å²) in [4.78, 5) is 31.5. The van der Waals surface area contributed by atoms with Gasteiger partial charge in [-0.15, -0.1) is 0 Å². The van der Waals surface area contributed by atoms with Crippen LogP contribution in [0.1, 0.15) is 28.3 Å². The van der Waals surface area contributed by atoms with E-state index in [1.165, 1.54) is 4.90 Å². The van der Waals surface area contributed by atoms with Crippen LogP contribution in [0.3, 0.4) is 0 Å². The van der Waals surface area contributed by atoms with Gasteiger partial charge in [0.15, 0.2) is 0 Å². The fourth-order valence-electron chi connectivity index (χ4n) is 3.59. The number of nitrogens with zero attached hydrogens (tertiary/aromatic N) is 2. The number of aryl methyl sites for hydroxylation is 1. The number of likely N-dealkylation sites (tertiary alicyclic amines) is 1. The highest BCUT2D eigenvalue weighted by Gasteiger charge is 2.46. The topological polar surface area (TPSA) is 70.5 Å². The molecule has 2 heterocycles. The number of aliphatic hydroxyl groups excluding tert-OH is 1. The number of ketones is 1. The molecule has 150 valence electrons. The molecule has 0 saturated carbocycles. The summed E-state index contributed by atoms with van der Waals surface area (Å²) in [6.07, 6.45) is 3.30. The molecular formula is C24H19ClN2O3. The normalized spacial score (nSPS) is 18.1. The smallest absolute Gasteiger partial charge is 0.295 e. The van der Waals surface area contributed by atoms with E-state index in [0.717, 1.165) is 11.1 Å². The predicted molar refractivity (Wildman–Crippen MR) is 115 cm³/mol. The third-order valence-electron chi connectivity index (χ3n) is 5.13. The van der Waals surface area contributed by atoms with Gasteiger partial charge in [0.2, 0.25) is 0 Å². The minimum atomic E-state index is -0.733. The summed E-state index contributed by atoms with van der Waals surface area (Å²) in [5, 5.41) is 11.6. The number of Topliss-reactive ketones (excluding diaryl/α,β-unsaturated/α-hetero) is 1. The average Bonchev–Trinajstić information content (AvgIpc) is 3.00. The van der Waals surface area contributed by atoms with E-state index < -0.39 is 17.7 Å². The monoisotopic (exact) mass is 418 g/mol. The number of pyridine rings is 1. The zero-order valence-corrected chi connectivity index (χ0v) is 17.0. The van der Waals surface area contributed by atoms with Gasteiger partial charge in [-0.3, -0.25) is 14.6 Å². The van der Waals surface area contributed by atoms with Gasteiger partial charge in [0, 0.05) is 29.5 Å². The molecule has 0 bridgehead atoms. The van der Waals surface area contributed by atoms with Crippen LogP contribution < -0.4 is 0 Å². The molecule has 2 aromatic carbocycles. The molecule has 30 heavy (non-hydrogen) atoms. The number of rotatable bonds is 4. The third kappa shape index (κ3) is 3.72. The Morgan fingerprint density at radius 1 is 1.07 bits per heavy atom. The molecule has 0 unspecified atom stereocenters. The van der Waals surface area contributed by atoms with Crippen molar-refractivity contribution in [2.75, 3.05) is 0 Å². The molecule has 0 spiro atoms. The lowest BCUT2D eigenvalue weighted by atomic mass is 9.95. The summed E-state index contributed by atoms with van der Waals surface area (Å²) in [5.41, 5.74) is 3.05. The van der Waals surface area contributed by atoms with E-state index in [0.29, 0.717) is 16.1 Å². The summed E-state index contributed by atoms with van der Waals surface area (Å²) in [6.45, 7) is 2.13. The van der Waals surface area contributed by atoms with Crippen molar-refractivity contribution in [1.29, 1.82) is 0 Å². The van der Waals surface area contributed by atoms with Crippen molar-refractivity contribution in [3.8, 4) is 0 Å². The van der Waals surface area contributed by atoms with E-state index in [1.807, 2.05) is 25.1 Å². The Kier molecular flexibility index (Phi) is 5.38. The first-order valence-electron chi connectivity index (χ1n) is 9.45. The van der Waals surface area contributed by atoms with Gasteiger partial charge in [-0.05, 0) is 36.2 Å². The molecule has 0 aliphatic carbocycles. The molecule has 4 rings (SSSR count). The Balaban J connectivity index is 1.85. The molecule has 1 aliphatic rings. The predicted octanol–water partition coefficient (Wildman–Crippen LogP) is 4.67. The molecule has 1 fully saturated rings. The molecule has 1 aromatic heterocycles. The highest BCUT2D eigenvalue weighted by molar-refractivity contribution is 6.46. The van der Waals surface area contributed by atoms with Crippen LogP contribution in [-0.4, -0.2) is 26.7 Å². The number of aromatic nitrogens is 1. The Bertz CT molecular complexity index is 1120. The van der Waals surface area contributed by atoms with Crippen molar-refractivity contribution in [2.24, 2.45) is 0 Å². The van der Waals surface area contributed by atoms with Gasteiger partial charge in [-0.1, -0.05) is 59.6 Å². The Morgan fingerprint density at radius 3 is 2.40 bits per heavy atom. The van der Waals surface area contributed by atoms with Crippen LogP contribution in [0.15, 0.2) is 78.6 Å². The van der Waals surface area contributed by atoms with Crippen molar-refractivity contribution in [3.05, 3.63) is 106 Å². The van der Waals surface area contributed by atoms with Gasteiger partial charge < -0.3 is 10.0 Å². The molecular weight excluding hydrogens is 400 g/mol. The highest BCUT2D eigenvalue weighted by Crippen LogP contribution is 2.40. The second-order valence-corrected chi connectivity index (χ2v) is 7.64. The van der Waals surface area contributed by atoms with Crippen molar-refractivity contribution >= 4 is 29.1 Å². The number of hydrogen-bond acceptors (Lipinski definition) is 4. The van der Waals surface area contributed by atoms with E-state index in [9.17, 15) is 14.7 Å². The minimum absolute atomic E-state index is 0.0649. The van der Waals surface area contributed by atoms with Crippen molar-refractivity contribution in [3.63, 3.8) is 0 Å². The number of halogens is 1. The minimum Gasteiger partial charge on any atom is -0.507 e. The van der Waals surface area contributed by atoms with Gasteiger partial charge >= 0.3 is 0 Å². The molecule has 1 aliphatic heterocycles. The number of benzene rings is 2. The quantitative estimate of drug-likeness (QED) is 0.380. The Labute approximate surface area is 179 Å².